The number of hydrogen-bond donors (Lipinski definition) is 1. The van der Waals surface area contributed by atoms with E-state index in [2.05, 4.69) is 0 Å². The van der Waals surface area contributed by atoms with E-state index in [0.29, 0.717) is 19.8 Å². The van der Waals surface area contributed by atoms with Crippen LogP contribution in [0.25, 0.3) is 0 Å². The first kappa shape index (κ1) is 14.7. The van der Waals surface area contributed by atoms with Crippen LogP contribution in [0.3, 0.4) is 0 Å². The first-order valence-electron chi connectivity index (χ1n) is 6.71. The number of carboxylic acid groups (broad SMARTS) is 1. The van der Waals surface area contributed by atoms with E-state index in [1.54, 1.807) is 0 Å². The zero-order chi connectivity index (χ0) is 14.8. The van der Waals surface area contributed by atoms with Gasteiger partial charge >= 0.3 is 5.97 Å². The van der Waals surface area contributed by atoms with Crippen molar-refractivity contribution in [2.75, 3.05) is 19.8 Å². The Hall–Kier alpha value is -1.75. The van der Waals surface area contributed by atoms with Crippen molar-refractivity contribution in [2.24, 2.45) is 0 Å². The Labute approximate surface area is 119 Å². The molecular weight excluding hydrogens is 258 g/mol. The predicted molar refractivity (Wildman–Crippen MR) is 75.2 cm³/mol. The molecule has 0 amide bonds. The maximum absolute atomic E-state index is 11.0. The molecule has 0 radical (unpaired) electrons. The Balaban J connectivity index is 2.16. The Kier molecular flexibility index (Phi) is 4.18. The average molecular weight is 279 g/mol. The molecule has 0 saturated carbocycles. The monoisotopic (exact) mass is 279 g/mol. The second kappa shape index (κ2) is 5.71. The van der Waals surface area contributed by atoms with Crippen molar-refractivity contribution in [2.45, 2.75) is 32.9 Å². The van der Waals surface area contributed by atoms with E-state index in [4.69, 9.17) is 14.6 Å². The molecule has 110 valence electrons. The maximum Gasteiger partial charge on any atom is 0.317 e. The van der Waals surface area contributed by atoms with Gasteiger partial charge in [0.25, 0.3) is 0 Å². The van der Waals surface area contributed by atoms with Gasteiger partial charge < -0.3 is 14.6 Å². The fraction of sp³-hybridized carbons (Fsp3) is 0.533. The Morgan fingerprint density at radius 3 is 2.50 bits per heavy atom. The molecule has 1 N–H and O–H groups in total. The number of rotatable bonds is 4. The maximum atomic E-state index is 11.0. The van der Waals surface area contributed by atoms with Gasteiger partial charge in [-0.25, -0.2) is 0 Å². The number of hydrogen-bond acceptors (Lipinski definition) is 4. The topological polar surface area (TPSA) is 59.0 Å². The molecule has 0 bridgehead atoms. The van der Waals surface area contributed by atoms with Crippen LogP contribution in [0, 0.1) is 0 Å². The first-order chi connectivity index (χ1) is 9.36. The standard InChI is InChI=1S/C15H21NO4/c1-15(2,3)16(10-14(17)18)9-11-4-5-12-13(8-11)20-7-6-19-12/h4-5,8H,6-7,9-10H2,1-3H3,(H,17,18). The quantitative estimate of drug-likeness (QED) is 0.915. The summed E-state index contributed by atoms with van der Waals surface area (Å²) in [7, 11) is 0. The van der Waals surface area contributed by atoms with Crippen molar-refractivity contribution in [3.8, 4) is 11.5 Å². The summed E-state index contributed by atoms with van der Waals surface area (Å²) in [5.41, 5.74) is 0.802. The van der Waals surface area contributed by atoms with Crippen molar-refractivity contribution in [3.05, 3.63) is 23.8 Å². The third-order valence-corrected chi connectivity index (χ3v) is 3.25. The van der Waals surface area contributed by atoms with Crippen LogP contribution in [0.15, 0.2) is 18.2 Å². The smallest absolute Gasteiger partial charge is 0.317 e. The van der Waals surface area contributed by atoms with Crippen molar-refractivity contribution >= 4 is 5.97 Å². The van der Waals surface area contributed by atoms with Gasteiger partial charge in [0.05, 0.1) is 6.54 Å². The van der Waals surface area contributed by atoms with Crippen molar-refractivity contribution < 1.29 is 19.4 Å². The van der Waals surface area contributed by atoms with Gasteiger partial charge in [0.1, 0.15) is 13.2 Å². The Bertz CT molecular complexity index is 493. The highest BCUT2D eigenvalue weighted by Crippen LogP contribution is 2.31. The van der Waals surface area contributed by atoms with Crippen LogP contribution < -0.4 is 9.47 Å². The Morgan fingerprint density at radius 2 is 1.90 bits per heavy atom. The lowest BCUT2D eigenvalue weighted by atomic mass is 10.0. The summed E-state index contributed by atoms with van der Waals surface area (Å²) in [5.74, 6) is 0.663. The second-order valence-electron chi connectivity index (χ2n) is 5.90. The Morgan fingerprint density at radius 1 is 1.25 bits per heavy atom. The van der Waals surface area contributed by atoms with Gasteiger partial charge in [-0.2, -0.15) is 0 Å². The van der Waals surface area contributed by atoms with Gasteiger partial charge in [0, 0.05) is 12.1 Å². The van der Waals surface area contributed by atoms with Gasteiger partial charge in [0.15, 0.2) is 11.5 Å². The largest absolute Gasteiger partial charge is 0.486 e. The molecule has 1 aliphatic rings. The van der Waals surface area contributed by atoms with E-state index in [9.17, 15) is 4.79 Å². The summed E-state index contributed by atoms with van der Waals surface area (Å²) in [6, 6.07) is 5.76. The van der Waals surface area contributed by atoms with Crippen molar-refractivity contribution in [1.29, 1.82) is 0 Å². The molecule has 0 aliphatic carbocycles. The normalized spacial score (nSPS) is 14.4. The van der Waals surface area contributed by atoms with Gasteiger partial charge in [0.2, 0.25) is 0 Å². The van der Waals surface area contributed by atoms with Gasteiger partial charge in [-0.15, -0.1) is 0 Å². The first-order valence-corrected chi connectivity index (χ1v) is 6.71. The van der Waals surface area contributed by atoms with Crippen LogP contribution in [0.5, 0.6) is 11.5 Å². The predicted octanol–water partition coefficient (Wildman–Crippen LogP) is 2.14. The lowest BCUT2D eigenvalue weighted by molar-refractivity contribution is -0.139. The number of fused-ring (bicyclic) bond motifs is 1. The molecule has 0 aromatic heterocycles. The number of benzene rings is 1. The summed E-state index contributed by atoms with van der Waals surface area (Å²) in [6.45, 7) is 7.72. The van der Waals surface area contributed by atoms with Crippen LogP contribution in [0.1, 0.15) is 26.3 Å². The van der Waals surface area contributed by atoms with Crippen LogP contribution in [-0.2, 0) is 11.3 Å². The van der Waals surface area contributed by atoms with Gasteiger partial charge in [-0.1, -0.05) is 6.07 Å². The molecule has 1 aromatic carbocycles. The number of nitrogens with zero attached hydrogens (tertiary/aromatic N) is 1. The van der Waals surface area contributed by atoms with Crippen LogP contribution in [-0.4, -0.2) is 41.3 Å². The number of carbonyl (C=O) groups is 1. The fourth-order valence-electron chi connectivity index (χ4n) is 2.10. The lowest BCUT2D eigenvalue weighted by Gasteiger charge is -2.34. The minimum atomic E-state index is -0.822. The average Bonchev–Trinajstić information content (AvgIpc) is 2.36. The molecule has 0 atom stereocenters. The zero-order valence-corrected chi connectivity index (χ0v) is 12.2. The minimum absolute atomic E-state index is 0.0118. The molecule has 0 unspecified atom stereocenters. The fourth-order valence-corrected chi connectivity index (χ4v) is 2.10. The lowest BCUT2D eigenvalue weighted by Crippen LogP contribution is -2.43. The number of ether oxygens (including phenoxy) is 2. The third kappa shape index (κ3) is 3.63. The van der Waals surface area contributed by atoms with E-state index in [1.165, 1.54) is 0 Å². The van der Waals surface area contributed by atoms with E-state index < -0.39 is 5.97 Å². The zero-order valence-electron chi connectivity index (χ0n) is 12.2. The highest BCUT2D eigenvalue weighted by atomic mass is 16.6. The van der Waals surface area contributed by atoms with E-state index in [0.717, 1.165) is 17.1 Å². The summed E-state index contributed by atoms with van der Waals surface area (Å²) < 4.78 is 11.0. The SMILES string of the molecule is CC(C)(C)N(CC(=O)O)Cc1ccc2c(c1)OCCO2. The van der Waals surface area contributed by atoms with E-state index >= 15 is 0 Å². The molecule has 0 fully saturated rings. The summed E-state index contributed by atoms with van der Waals surface area (Å²) in [4.78, 5) is 12.9. The molecule has 5 heteroatoms. The summed E-state index contributed by atoms with van der Waals surface area (Å²) >= 11 is 0. The summed E-state index contributed by atoms with van der Waals surface area (Å²) in [5, 5.41) is 9.03. The number of aliphatic carboxylic acids is 1. The molecule has 20 heavy (non-hydrogen) atoms. The minimum Gasteiger partial charge on any atom is -0.486 e. The van der Waals surface area contributed by atoms with Crippen molar-refractivity contribution in [1.82, 2.24) is 4.90 Å². The molecule has 5 nitrogen and oxygen atoms in total. The molecule has 0 spiro atoms. The van der Waals surface area contributed by atoms with Crippen LogP contribution >= 0.6 is 0 Å². The van der Waals surface area contributed by atoms with Gasteiger partial charge in [-0.05, 0) is 38.5 Å². The molecule has 1 aromatic rings. The molecule has 1 heterocycles. The molecular formula is C15H21NO4. The van der Waals surface area contributed by atoms with E-state index in [1.807, 2.05) is 43.9 Å². The highest BCUT2D eigenvalue weighted by molar-refractivity contribution is 5.69. The highest BCUT2D eigenvalue weighted by Gasteiger charge is 2.24. The molecule has 0 saturated heterocycles. The third-order valence-electron chi connectivity index (χ3n) is 3.25. The van der Waals surface area contributed by atoms with Crippen LogP contribution in [0.4, 0.5) is 0 Å². The van der Waals surface area contributed by atoms with Gasteiger partial charge in [-0.3, -0.25) is 9.69 Å². The molecule has 1 aliphatic heterocycles. The summed E-state index contributed by atoms with van der Waals surface area (Å²) in [6.07, 6.45) is 0. The molecule has 2 rings (SSSR count). The number of carboxylic acids is 1. The van der Waals surface area contributed by atoms with Crippen LogP contribution in [0.2, 0.25) is 0 Å². The van der Waals surface area contributed by atoms with E-state index in [-0.39, 0.29) is 12.1 Å². The second-order valence-corrected chi connectivity index (χ2v) is 5.90. The van der Waals surface area contributed by atoms with Crippen molar-refractivity contribution in [3.63, 3.8) is 0 Å².